The first-order chi connectivity index (χ1) is 11.4. The Bertz CT molecular complexity index is 639. The second-order valence-electron chi connectivity index (χ2n) is 5.63. The summed E-state index contributed by atoms with van der Waals surface area (Å²) in [6.45, 7) is 4.97. The van der Waals surface area contributed by atoms with Gasteiger partial charge in [0.15, 0.2) is 0 Å². The monoisotopic (exact) mass is 356 g/mol. The lowest BCUT2D eigenvalue weighted by Gasteiger charge is -2.16. The molecule has 1 aromatic rings. The Morgan fingerprint density at radius 1 is 1.38 bits per heavy atom. The number of amides is 1. The van der Waals surface area contributed by atoms with Crippen molar-refractivity contribution < 1.29 is 22.7 Å². The van der Waals surface area contributed by atoms with E-state index in [0.29, 0.717) is 25.5 Å². The Labute approximate surface area is 142 Å². The van der Waals surface area contributed by atoms with Crippen molar-refractivity contribution in [1.29, 1.82) is 0 Å². The van der Waals surface area contributed by atoms with E-state index in [2.05, 4.69) is 10.0 Å². The summed E-state index contributed by atoms with van der Waals surface area (Å²) in [5, 5.41) is 2.71. The van der Waals surface area contributed by atoms with E-state index in [1.807, 2.05) is 6.92 Å². The van der Waals surface area contributed by atoms with Gasteiger partial charge in [-0.3, -0.25) is 4.79 Å². The van der Waals surface area contributed by atoms with Gasteiger partial charge in [0.25, 0.3) is 0 Å². The van der Waals surface area contributed by atoms with Crippen LogP contribution in [0.1, 0.15) is 26.7 Å². The molecule has 2 atom stereocenters. The van der Waals surface area contributed by atoms with E-state index in [4.69, 9.17) is 9.47 Å². The quantitative estimate of drug-likeness (QED) is 0.726. The van der Waals surface area contributed by atoms with Gasteiger partial charge in [-0.2, -0.15) is 4.72 Å². The predicted octanol–water partition coefficient (Wildman–Crippen LogP) is 1.05. The summed E-state index contributed by atoms with van der Waals surface area (Å²) in [5.74, 6) is 0.221. The van der Waals surface area contributed by atoms with Crippen LogP contribution in [-0.2, 0) is 19.6 Å². The summed E-state index contributed by atoms with van der Waals surface area (Å²) in [6.07, 6.45) is 1.91. The van der Waals surface area contributed by atoms with Gasteiger partial charge in [0.05, 0.1) is 23.6 Å². The average molecular weight is 356 g/mol. The molecule has 1 amide bonds. The van der Waals surface area contributed by atoms with Crippen molar-refractivity contribution in [3.63, 3.8) is 0 Å². The Hall–Kier alpha value is -1.64. The molecule has 0 spiro atoms. The minimum absolute atomic E-state index is 0.0175. The Kier molecular flexibility index (Phi) is 6.59. The van der Waals surface area contributed by atoms with Crippen molar-refractivity contribution in [2.75, 3.05) is 19.8 Å². The SMILES string of the molecule is CCOc1ccc(S(=O)(=O)N[C@H](C)C(=O)NC[C@H]2CCCO2)cc1. The van der Waals surface area contributed by atoms with Crippen molar-refractivity contribution in [2.24, 2.45) is 0 Å². The molecule has 1 saturated heterocycles. The fraction of sp³-hybridized carbons (Fsp3) is 0.562. The first-order valence-corrected chi connectivity index (χ1v) is 9.55. The molecule has 2 rings (SSSR count). The maximum Gasteiger partial charge on any atom is 0.241 e. The molecule has 1 aromatic carbocycles. The molecule has 1 aliphatic heterocycles. The molecule has 0 radical (unpaired) electrons. The second-order valence-corrected chi connectivity index (χ2v) is 7.34. The number of carbonyl (C=O) groups is 1. The fourth-order valence-corrected chi connectivity index (χ4v) is 3.61. The van der Waals surface area contributed by atoms with Gasteiger partial charge in [-0.1, -0.05) is 0 Å². The van der Waals surface area contributed by atoms with Gasteiger partial charge in [0.2, 0.25) is 15.9 Å². The van der Waals surface area contributed by atoms with Crippen LogP contribution in [0.4, 0.5) is 0 Å². The van der Waals surface area contributed by atoms with E-state index in [9.17, 15) is 13.2 Å². The van der Waals surface area contributed by atoms with Crippen molar-refractivity contribution in [1.82, 2.24) is 10.0 Å². The summed E-state index contributed by atoms with van der Waals surface area (Å²) in [5.41, 5.74) is 0. The fourth-order valence-electron chi connectivity index (χ4n) is 2.41. The van der Waals surface area contributed by atoms with Crippen LogP contribution < -0.4 is 14.8 Å². The van der Waals surface area contributed by atoms with E-state index >= 15 is 0 Å². The van der Waals surface area contributed by atoms with Gasteiger partial charge >= 0.3 is 0 Å². The van der Waals surface area contributed by atoms with Gasteiger partial charge in [-0.15, -0.1) is 0 Å². The van der Waals surface area contributed by atoms with Crippen LogP contribution >= 0.6 is 0 Å². The molecule has 0 aliphatic carbocycles. The van der Waals surface area contributed by atoms with Crippen LogP contribution in [0.25, 0.3) is 0 Å². The Morgan fingerprint density at radius 2 is 2.08 bits per heavy atom. The molecule has 24 heavy (non-hydrogen) atoms. The molecule has 7 nitrogen and oxygen atoms in total. The van der Waals surface area contributed by atoms with Gasteiger partial charge in [0.1, 0.15) is 5.75 Å². The third kappa shape index (κ3) is 5.19. The zero-order valence-electron chi connectivity index (χ0n) is 13.9. The molecule has 0 saturated carbocycles. The lowest BCUT2D eigenvalue weighted by Crippen LogP contribution is -2.46. The lowest BCUT2D eigenvalue weighted by molar-refractivity contribution is -0.122. The summed E-state index contributed by atoms with van der Waals surface area (Å²) in [4.78, 5) is 12.1. The Morgan fingerprint density at radius 3 is 2.67 bits per heavy atom. The number of benzene rings is 1. The maximum atomic E-state index is 12.3. The molecule has 8 heteroatoms. The van der Waals surface area contributed by atoms with Gasteiger partial charge in [0, 0.05) is 13.2 Å². The molecule has 134 valence electrons. The highest BCUT2D eigenvalue weighted by atomic mass is 32.2. The van der Waals surface area contributed by atoms with E-state index in [-0.39, 0.29) is 16.9 Å². The molecular formula is C16H24N2O5S. The van der Waals surface area contributed by atoms with Crippen molar-refractivity contribution in [3.05, 3.63) is 24.3 Å². The molecule has 0 aromatic heterocycles. The highest BCUT2D eigenvalue weighted by Gasteiger charge is 2.23. The number of sulfonamides is 1. The smallest absolute Gasteiger partial charge is 0.241 e. The van der Waals surface area contributed by atoms with E-state index in [1.165, 1.54) is 19.1 Å². The number of nitrogens with one attached hydrogen (secondary N) is 2. The Balaban J connectivity index is 1.90. The zero-order chi connectivity index (χ0) is 17.6. The average Bonchev–Trinajstić information content (AvgIpc) is 3.06. The molecule has 0 bridgehead atoms. The molecule has 1 aliphatic rings. The van der Waals surface area contributed by atoms with Crippen LogP contribution in [0.3, 0.4) is 0 Å². The third-order valence-corrected chi connectivity index (χ3v) is 5.25. The third-order valence-electron chi connectivity index (χ3n) is 3.70. The van der Waals surface area contributed by atoms with Crippen LogP contribution in [-0.4, -0.2) is 46.2 Å². The minimum atomic E-state index is -3.77. The van der Waals surface area contributed by atoms with Gasteiger partial charge < -0.3 is 14.8 Å². The predicted molar refractivity (Wildman–Crippen MR) is 89.4 cm³/mol. The summed E-state index contributed by atoms with van der Waals surface area (Å²) in [7, 11) is -3.77. The van der Waals surface area contributed by atoms with Crippen molar-refractivity contribution >= 4 is 15.9 Å². The molecule has 1 heterocycles. The molecule has 0 unspecified atom stereocenters. The topological polar surface area (TPSA) is 93.7 Å². The van der Waals surface area contributed by atoms with Crippen LogP contribution in [0.2, 0.25) is 0 Å². The van der Waals surface area contributed by atoms with Crippen molar-refractivity contribution in [3.8, 4) is 5.75 Å². The number of carbonyl (C=O) groups excluding carboxylic acids is 1. The second kappa shape index (κ2) is 8.46. The molecule has 2 N–H and O–H groups in total. The van der Waals surface area contributed by atoms with Gasteiger partial charge in [-0.25, -0.2) is 8.42 Å². The van der Waals surface area contributed by atoms with Crippen LogP contribution in [0, 0.1) is 0 Å². The van der Waals surface area contributed by atoms with Crippen LogP contribution in [0.15, 0.2) is 29.2 Å². The molecule has 1 fully saturated rings. The standard InChI is InChI=1S/C16H24N2O5S/c1-3-22-13-6-8-15(9-7-13)24(20,21)18-12(2)16(19)17-11-14-5-4-10-23-14/h6-9,12,14,18H,3-5,10-11H2,1-2H3,(H,17,19)/t12-,14-/m1/s1. The number of ether oxygens (including phenoxy) is 2. The normalized spacial score (nSPS) is 19.0. The molecular weight excluding hydrogens is 332 g/mol. The maximum absolute atomic E-state index is 12.3. The highest BCUT2D eigenvalue weighted by Crippen LogP contribution is 2.16. The number of hydrogen-bond donors (Lipinski definition) is 2. The summed E-state index contributed by atoms with van der Waals surface area (Å²) in [6, 6.07) is 5.19. The number of rotatable bonds is 8. The summed E-state index contributed by atoms with van der Waals surface area (Å²) >= 11 is 0. The highest BCUT2D eigenvalue weighted by molar-refractivity contribution is 7.89. The lowest BCUT2D eigenvalue weighted by atomic mass is 10.2. The minimum Gasteiger partial charge on any atom is -0.494 e. The first kappa shape index (κ1) is 18.7. The van der Waals surface area contributed by atoms with E-state index in [1.54, 1.807) is 12.1 Å². The number of hydrogen-bond acceptors (Lipinski definition) is 5. The zero-order valence-corrected chi connectivity index (χ0v) is 14.8. The van der Waals surface area contributed by atoms with Crippen LogP contribution in [0.5, 0.6) is 5.75 Å². The summed E-state index contributed by atoms with van der Waals surface area (Å²) < 4.78 is 37.7. The van der Waals surface area contributed by atoms with Crippen molar-refractivity contribution in [2.45, 2.75) is 43.7 Å². The first-order valence-electron chi connectivity index (χ1n) is 8.07. The largest absolute Gasteiger partial charge is 0.494 e. The van der Waals surface area contributed by atoms with Gasteiger partial charge in [-0.05, 0) is 51.0 Å². The van der Waals surface area contributed by atoms with E-state index < -0.39 is 16.1 Å². The van der Waals surface area contributed by atoms with E-state index in [0.717, 1.165) is 12.8 Å².